The second-order valence-electron chi connectivity index (χ2n) is 9.42. The molecule has 1 amide bonds. The van der Waals surface area contributed by atoms with Crippen LogP contribution in [0.25, 0.3) is 11.1 Å². The average Bonchev–Trinajstić information content (AvgIpc) is 2.60. The normalized spacial score (nSPS) is 13.9. The van der Waals surface area contributed by atoms with Crippen molar-refractivity contribution in [3.63, 3.8) is 0 Å². The van der Waals surface area contributed by atoms with Gasteiger partial charge in [-0.2, -0.15) is 0 Å². The third-order valence-corrected chi connectivity index (χ3v) is 10.9. The molecule has 1 aliphatic heterocycles. The molecule has 0 unspecified atom stereocenters. The van der Waals surface area contributed by atoms with Gasteiger partial charge < -0.3 is 9.33 Å². The van der Waals surface area contributed by atoms with E-state index < -0.39 is 8.32 Å². The van der Waals surface area contributed by atoms with E-state index in [-0.39, 0.29) is 10.9 Å². The quantitative estimate of drug-likeness (QED) is 0.586. The summed E-state index contributed by atoms with van der Waals surface area (Å²) in [6.45, 7) is 16.6. The molecule has 0 spiro atoms. The zero-order chi connectivity index (χ0) is 20.7. The van der Waals surface area contributed by atoms with E-state index >= 15 is 0 Å². The van der Waals surface area contributed by atoms with Gasteiger partial charge in [-0.25, -0.2) is 0 Å². The highest BCUT2D eigenvalue weighted by Gasteiger charge is 2.36. The number of carbonyl (C=O) groups is 1. The number of amides is 1. The lowest BCUT2D eigenvalue weighted by atomic mass is 9.88. The Morgan fingerprint density at radius 2 is 1.82 bits per heavy atom. The highest BCUT2D eigenvalue weighted by molar-refractivity contribution is 6.74. The Morgan fingerprint density at radius 1 is 1.14 bits per heavy atom. The molecule has 0 bridgehead atoms. The van der Waals surface area contributed by atoms with E-state index in [0.717, 1.165) is 24.3 Å². The summed E-state index contributed by atoms with van der Waals surface area (Å²) >= 11 is 0. The van der Waals surface area contributed by atoms with Gasteiger partial charge in [0.15, 0.2) is 8.32 Å². The molecule has 4 heteroatoms. The fourth-order valence-corrected chi connectivity index (χ4v) is 4.63. The van der Waals surface area contributed by atoms with Crippen molar-refractivity contribution >= 4 is 19.9 Å². The molecule has 3 rings (SSSR count). The maximum absolute atomic E-state index is 12.2. The Kier molecular flexibility index (Phi) is 5.57. The van der Waals surface area contributed by atoms with E-state index in [1.54, 1.807) is 6.92 Å². The molecule has 2 aromatic carbocycles. The molecule has 0 aromatic heterocycles. The standard InChI is InChI=1S/C24H33NO2Si/c1-17-14-19(12-13-27-28(6,7)24(3,4)5)15-21-20-10-8-9-11-23(20)25(18(2)26)16-22(17)21/h8-11,14-15H,12-13,16H2,1-7H3. The van der Waals surface area contributed by atoms with Crippen LogP contribution >= 0.6 is 0 Å². The predicted molar refractivity (Wildman–Crippen MR) is 120 cm³/mol. The Balaban J connectivity index is 1.88. The number of carbonyl (C=O) groups excluding carboxylic acids is 1. The number of para-hydroxylation sites is 1. The Hall–Kier alpha value is -1.91. The van der Waals surface area contributed by atoms with Crippen LogP contribution in [0.1, 0.15) is 44.4 Å². The predicted octanol–water partition coefficient (Wildman–Crippen LogP) is 6.09. The van der Waals surface area contributed by atoms with Gasteiger partial charge in [0.1, 0.15) is 0 Å². The molecule has 0 atom stereocenters. The number of anilines is 1. The number of benzene rings is 2. The highest BCUT2D eigenvalue weighted by atomic mass is 28.4. The topological polar surface area (TPSA) is 29.5 Å². The first kappa shape index (κ1) is 20.8. The van der Waals surface area contributed by atoms with Gasteiger partial charge in [-0.15, -0.1) is 0 Å². The van der Waals surface area contributed by atoms with Crippen LogP contribution in [0.15, 0.2) is 36.4 Å². The van der Waals surface area contributed by atoms with Crippen LogP contribution < -0.4 is 4.90 Å². The fraction of sp³-hybridized carbons (Fsp3) is 0.458. The molecule has 150 valence electrons. The minimum atomic E-state index is -1.72. The third kappa shape index (κ3) is 3.94. The van der Waals surface area contributed by atoms with E-state index in [4.69, 9.17) is 4.43 Å². The lowest BCUT2D eigenvalue weighted by Crippen LogP contribution is -2.41. The van der Waals surface area contributed by atoms with Crippen molar-refractivity contribution in [2.75, 3.05) is 11.5 Å². The van der Waals surface area contributed by atoms with Crippen molar-refractivity contribution in [1.82, 2.24) is 0 Å². The molecule has 0 saturated heterocycles. The molecule has 2 aromatic rings. The molecule has 0 aliphatic carbocycles. The van der Waals surface area contributed by atoms with Gasteiger partial charge in [0.25, 0.3) is 0 Å². The number of hydrogen-bond acceptors (Lipinski definition) is 2. The van der Waals surface area contributed by atoms with Crippen molar-refractivity contribution in [2.24, 2.45) is 0 Å². The Morgan fingerprint density at radius 3 is 2.46 bits per heavy atom. The number of nitrogens with zero attached hydrogens (tertiary/aromatic N) is 1. The van der Waals surface area contributed by atoms with Crippen molar-refractivity contribution in [3.8, 4) is 11.1 Å². The summed E-state index contributed by atoms with van der Waals surface area (Å²) in [7, 11) is -1.72. The number of fused-ring (bicyclic) bond motifs is 3. The SMILES string of the molecule is CC(=O)N1Cc2c(C)cc(CCO[Si](C)(C)C(C)(C)C)cc2-c2ccccc21. The number of aryl methyl sites for hydroxylation is 1. The number of rotatable bonds is 4. The molecule has 0 fully saturated rings. The van der Waals surface area contributed by atoms with Gasteiger partial charge >= 0.3 is 0 Å². The van der Waals surface area contributed by atoms with Gasteiger partial charge in [0.2, 0.25) is 5.91 Å². The van der Waals surface area contributed by atoms with Crippen LogP contribution in [-0.2, 0) is 22.2 Å². The van der Waals surface area contributed by atoms with E-state index in [0.29, 0.717) is 6.54 Å². The maximum atomic E-state index is 12.2. The van der Waals surface area contributed by atoms with E-state index in [1.807, 2.05) is 17.0 Å². The second kappa shape index (κ2) is 7.49. The largest absolute Gasteiger partial charge is 0.416 e. The van der Waals surface area contributed by atoms with E-state index in [9.17, 15) is 4.79 Å². The lowest BCUT2D eigenvalue weighted by Gasteiger charge is -2.36. The molecular formula is C24H33NO2Si. The summed E-state index contributed by atoms with van der Waals surface area (Å²) in [5.41, 5.74) is 7.23. The third-order valence-electron chi connectivity index (χ3n) is 6.37. The minimum absolute atomic E-state index is 0.0874. The van der Waals surface area contributed by atoms with Crippen LogP contribution in [0.3, 0.4) is 0 Å². The molecule has 3 nitrogen and oxygen atoms in total. The number of hydrogen-bond donors (Lipinski definition) is 0. The van der Waals surface area contributed by atoms with Crippen LogP contribution in [0.2, 0.25) is 18.1 Å². The average molecular weight is 396 g/mol. The minimum Gasteiger partial charge on any atom is -0.416 e. The zero-order valence-corrected chi connectivity index (χ0v) is 19.3. The van der Waals surface area contributed by atoms with Crippen molar-refractivity contribution in [3.05, 3.63) is 53.1 Å². The summed E-state index contributed by atoms with van der Waals surface area (Å²) in [4.78, 5) is 14.1. The van der Waals surface area contributed by atoms with Crippen LogP contribution in [0.4, 0.5) is 5.69 Å². The van der Waals surface area contributed by atoms with Crippen LogP contribution in [0.5, 0.6) is 0 Å². The molecule has 1 heterocycles. The van der Waals surface area contributed by atoms with Gasteiger partial charge in [-0.05, 0) is 59.8 Å². The van der Waals surface area contributed by atoms with Crippen LogP contribution in [0, 0.1) is 6.92 Å². The summed E-state index contributed by atoms with van der Waals surface area (Å²) in [5, 5.41) is 0.230. The summed E-state index contributed by atoms with van der Waals surface area (Å²) in [6.07, 6.45) is 0.916. The lowest BCUT2D eigenvalue weighted by molar-refractivity contribution is -0.116. The second-order valence-corrected chi connectivity index (χ2v) is 14.2. The zero-order valence-electron chi connectivity index (χ0n) is 18.3. The molecule has 28 heavy (non-hydrogen) atoms. The van der Waals surface area contributed by atoms with E-state index in [2.05, 4.69) is 65.1 Å². The first-order chi connectivity index (χ1) is 13.0. The van der Waals surface area contributed by atoms with Crippen molar-refractivity contribution < 1.29 is 9.22 Å². The summed E-state index contributed by atoms with van der Waals surface area (Å²) < 4.78 is 6.39. The monoisotopic (exact) mass is 395 g/mol. The van der Waals surface area contributed by atoms with Gasteiger partial charge in [0, 0.05) is 19.1 Å². The summed E-state index contributed by atoms with van der Waals surface area (Å²) in [6, 6.07) is 12.8. The highest BCUT2D eigenvalue weighted by Crippen LogP contribution is 2.41. The molecule has 0 radical (unpaired) electrons. The Bertz CT molecular complexity index is 896. The van der Waals surface area contributed by atoms with Crippen molar-refractivity contribution in [1.29, 1.82) is 0 Å². The van der Waals surface area contributed by atoms with Crippen molar-refractivity contribution in [2.45, 2.75) is 65.7 Å². The van der Waals surface area contributed by atoms with Gasteiger partial charge in [0.05, 0.1) is 12.2 Å². The maximum Gasteiger partial charge on any atom is 0.224 e. The Labute approximate surface area is 170 Å². The molecule has 0 N–H and O–H groups in total. The van der Waals surface area contributed by atoms with Gasteiger partial charge in [-0.1, -0.05) is 51.1 Å². The first-order valence-electron chi connectivity index (χ1n) is 10.1. The van der Waals surface area contributed by atoms with Gasteiger partial charge in [-0.3, -0.25) is 4.79 Å². The fourth-order valence-electron chi connectivity index (χ4n) is 3.59. The van der Waals surface area contributed by atoms with E-state index in [1.165, 1.54) is 22.3 Å². The molecule has 0 saturated carbocycles. The van der Waals surface area contributed by atoms with Crippen LogP contribution in [-0.4, -0.2) is 20.8 Å². The molecule has 1 aliphatic rings. The first-order valence-corrected chi connectivity index (χ1v) is 13.1. The molecular weight excluding hydrogens is 362 g/mol. The summed E-state index contributed by atoms with van der Waals surface area (Å²) in [5.74, 6) is 0.0874. The smallest absolute Gasteiger partial charge is 0.224 e.